The Hall–Kier alpha value is -0.180. The van der Waals surface area contributed by atoms with E-state index in [0.29, 0.717) is 0 Å². The first kappa shape index (κ1) is 7.92. The predicted molar refractivity (Wildman–Crippen MR) is 36.5 cm³/mol. The van der Waals surface area contributed by atoms with Crippen LogP contribution in [-0.2, 0) is 0 Å². The van der Waals surface area contributed by atoms with Crippen LogP contribution in [0.4, 0.5) is 8.78 Å². The van der Waals surface area contributed by atoms with Gasteiger partial charge in [-0.15, -0.1) is 0 Å². The summed E-state index contributed by atoms with van der Waals surface area (Å²) in [7, 11) is 0. The molecule has 0 aromatic carbocycles. The molecule has 60 valence electrons. The van der Waals surface area contributed by atoms with Crippen LogP contribution >= 0.6 is 0 Å². The zero-order valence-electron chi connectivity index (χ0n) is 6.35. The summed E-state index contributed by atoms with van der Waals surface area (Å²) in [5.41, 5.74) is 0. The minimum Gasteiger partial charge on any atom is -0.295 e. The van der Waals surface area contributed by atoms with Crippen molar-refractivity contribution in [3.05, 3.63) is 0 Å². The van der Waals surface area contributed by atoms with E-state index in [1.165, 1.54) is 0 Å². The van der Waals surface area contributed by atoms with Gasteiger partial charge in [0.05, 0.1) is 0 Å². The smallest absolute Gasteiger partial charge is 0.145 e. The monoisotopic (exact) mass is 149 g/mol. The minimum absolute atomic E-state index is 0.263. The van der Waals surface area contributed by atoms with Crippen LogP contribution in [0.15, 0.2) is 0 Å². The molecule has 0 saturated carbocycles. The maximum atomic E-state index is 12.5. The van der Waals surface area contributed by atoms with Crippen LogP contribution in [0.2, 0.25) is 0 Å². The van der Waals surface area contributed by atoms with Crippen molar-refractivity contribution in [3.63, 3.8) is 0 Å². The average Bonchev–Trinajstić information content (AvgIpc) is 2.13. The van der Waals surface area contributed by atoms with E-state index in [1.54, 1.807) is 0 Å². The molecule has 1 fully saturated rings. The van der Waals surface area contributed by atoms with Crippen LogP contribution in [0.3, 0.4) is 0 Å². The van der Waals surface area contributed by atoms with Gasteiger partial charge in [-0.1, -0.05) is 0 Å². The minimum atomic E-state index is -1.26. The highest BCUT2D eigenvalue weighted by atomic mass is 19.2. The van der Waals surface area contributed by atoms with Crippen LogP contribution < -0.4 is 0 Å². The molecule has 1 heterocycles. The van der Waals surface area contributed by atoms with Gasteiger partial charge >= 0.3 is 0 Å². The lowest BCUT2D eigenvalue weighted by Gasteiger charge is -2.18. The van der Waals surface area contributed by atoms with E-state index in [0.717, 1.165) is 0 Å². The summed E-state index contributed by atoms with van der Waals surface area (Å²) < 4.78 is 25.0. The Bertz CT molecular complexity index is 106. The third-order valence-corrected chi connectivity index (χ3v) is 1.94. The lowest BCUT2D eigenvalue weighted by molar-refractivity contribution is 0.217. The molecule has 0 radical (unpaired) electrons. The maximum Gasteiger partial charge on any atom is 0.145 e. The van der Waals surface area contributed by atoms with Crippen LogP contribution in [0.5, 0.6) is 0 Å². The highest BCUT2D eigenvalue weighted by Crippen LogP contribution is 2.18. The molecule has 0 bridgehead atoms. The number of nitrogens with zero attached hydrogens (tertiary/aromatic N) is 1. The maximum absolute atomic E-state index is 12.5. The molecule has 0 aromatic rings. The quantitative estimate of drug-likeness (QED) is 0.544. The topological polar surface area (TPSA) is 3.24 Å². The SMILES string of the molecule is CC(C)N1C[C@@H](F)[C@@H](F)C1. The molecule has 0 unspecified atom stereocenters. The summed E-state index contributed by atoms with van der Waals surface area (Å²) in [6, 6.07) is 0.263. The van der Waals surface area contributed by atoms with E-state index in [2.05, 4.69) is 0 Å². The summed E-state index contributed by atoms with van der Waals surface area (Å²) in [6.07, 6.45) is -2.52. The molecule has 2 atom stereocenters. The number of hydrogen-bond acceptors (Lipinski definition) is 1. The molecule has 1 rings (SSSR count). The Morgan fingerprint density at radius 3 is 1.80 bits per heavy atom. The first-order chi connectivity index (χ1) is 4.61. The zero-order chi connectivity index (χ0) is 7.72. The Morgan fingerprint density at radius 2 is 1.60 bits per heavy atom. The molecular weight excluding hydrogens is 136 g/mol. The third kappa shape index (κ3) is 1.45. The van der Waals surface area contributed by atoms with Crippen molar-refractivity contribution in [3.8, 4) is 0 Å². The van der Waals surface area contributed by atoms with Crippen molar-refractivity contribution < 1.29 is 8.78 Å². The van der Waals surface area contributed by atoms with Crippen LogP contribution in [-0.4, -0.2) is 36.4 Å². The normalized spacial score (nSPS) is 35.7. The molecule has 0 aliphatic carbocycles. The van der Waals surface area contributed by atoms with Gasteiger partial charge in [0.1, 0.15) is 12.3 Å². The van der Waals surface area contributed by atoms with Crippen molar-refractivity contribution in [2.24, 2.45) is 0 Å². The molecular formula is C7H13F2N. The second-order valence-corrected chi connectivity index (χ2v) is 3.08. The fourth-order valence-electron chi connectivity index (χ4n) is 1.17. The lowest BCUT2D eigenvalue weighted by atomic mass is 10.3. The number of likely N-dealkylation sites (tertiary alicyclic amines) is 1. The van der Waals surface area contributed by atoms with Gasteiger partial charge in [-0.25, -0.2) is 8.78 Å². The van der Waals surface area contributed by atoms with Crippen molar-refractivity contribution >= 4 is 0 Å². The van der Waals surface area contributed by atoms with E-state index in [9.17, 15) is 8.78 Å². The third-order valence-electron chi connectivity index (χ3n) is 1.94. The fourth-order valence-corrected chi connectivity index (χ4v) is 1.17. The van der Waals surface area contributed by atoms with Crippen molar-refractivity contribution in [2.45, 2.75) is 32.2 Å². The summed E-state index contributed by atoms with van der Waals surface area (Å²) in [5, 5.41) is 0. The number of halogens is 2. The van der Waals surface area contributed by atoms with Gasteiger partial charge in [0.2, 0.25) is 0 Å². The first-order valence-electron chi connectivity index (χ1n) is 3.63. The standard InChI is InChI=1S/C7H13F2N/c1-5(2)10-3-6(8)7(9)4-10/h5-7H,3-4H2,1-2H3/t6-,7+. The molecule has 0 aromatic heterocycles. The van der Waals surface area contributed by atoms with Crippen LogP contribution in [0, 0.1) is 0 Å². The summed E-state index contributed by atoms with van der Waals surface area (Å²) in [4.78, 5) is 1.81. The highest BCUT2D eigenvalue weighted by molar-refractivity contribution is 4.85. The Kier molecular flexibility index (Phi) is 2.24. The molecule has 3 heteroatoms. The van der Waals surface area contributed by atoms with Crippen molar-refractivity contribution in [1.29, 1.82) is 0 Å². The molecule has 0 spiro atoms. The van der Waals surface area contributed by atoms with Crippen LogP contribution in [0.25, 0.3) is 0 Å². The number of rotatable bonds is 1. The highest BCUT2D eigenvalue weighted by Gasteiger charge is 2.33. The Balaban J connectivity index is 2.41. The van der Waals surface area contributed by atoms with Gasteiger partial charge in [-0.05, 0) is 13.8 Å². The van der Waals surface area contributed by atoms with Crippen molar-refractivity contribution in [1.82, 2.24) is 4.90 Å². The van der Waals surface area contributed by atoms with E-state index < -0.39 is 12.3 Å². The largest absolute Gasteiger partial charge is 0.295 e. The summed E-state index contributed by atoms with van der Waals surface area (Å²) in [5.74, 6) is 0. The molecule has 0 amide bonds. The number of hydrogen-bond donors (Lipinski definition) is 0. The molecule has 1 aliphatic heterocycles. The molecule has 0 N–H and O–H groups in total. The second-order valence-electron chi connectivity index (χ2n) is 3.08. The molecule has 1 nitrogen and oxygen atoms in total. The van der Waals surface area contributed by atoms with Gasteiger partial charge in [-0.2, -0.15) is 0 Å². The first-order valence-corrected chi connectivity index (χ1v) is 3.63. The number of alkyl halides is 2. The Morgan fingerprint density at radius 1 is 1.20 bits per heavy atom. The van der Waals surface area contributed by atoms with Gasteiger partial charge in [-0.3, -0.25) is 4.90 Å². The molecule has 1 saturated heterocycles. The van der Waals surface area contributed by atoms with E-state index in [-0.39, 0.29) is 19.1 Å². The van der Waals surface area contributed by atoms with Gasteiger partial charge in [0.25, 0.3) is 0 Å². The van der Waals surface area contributed by atoms with E-state index >= 15 is 0 Å². The van der Waals surface area contributed by atoms with Crippen LogP contribution in [0.1, 0.15) is 13.8 Å². The second kappa shape index (κ2) is 2.82. The predicted octanol–water partition coefficient (Wildman–Crippen LogP) is 1.39. The summed E-state index contributed by atoms with van der Waals surface area (Å²) in [6.45, 7) is 4.42. The molecule has 1 aliphatic rings. The average molecular weight is 149 g/mol. The van der Waals surface area contributed by atoms with E-state index in [4.69, 9.17) is 0 Å². The fraction of sp³-hybridized carbons (Fsp3) is 1.00. The lowest BCUT2D eigenvalue weighted by Crippen LogP contribution is -2.28. The zero-order valence-corrected chi connectivity index (χ0v) is 6.35. The summed E-state index contributed by atoms with van der Waals surface area (Å²) >= 11 is 0. The van der Waals surface area contributed by atoms with E-state index in [1.807, 2.05) is 18.7 Å². The van der Waals surface area contributed by atoms with Crippen molar-refractivity contribution in [2.75, 3.05) is 13.1 Å². The Labute approximate surface area is 60.0 Å². The van der Waals surface area contributed by atoms with Gasteiger partial charge < -0.3 is 0 Å². The van der Waals surface area contributed by atoms with Gasteiger partial charge in [0, 0.05) is 19.1 Å². The molecule has 10 heavy (non-hydrogen) atoms. The van der Waals surface area contributed by atoms with Gasteiger partial charge in [0.15, 0.2) is 0 Å².